The van der Waals surface area contributed by atoms with Gasteiger partial charge < -0.3 is 15.3 Å². The minimum atomic E-state index is -3.50. The predicted molar refractivity (Wildman–Crippen MR) is 112 cm³/mol. The Hall–Kier alpha value is -2.79. The summed E-state index contributed by atoms with van der Waals surface area (Å²) in [5.41, 5.74) is 1.92. The highest BCUT2D eigenvalue weighted by Crippen LogP contribution is 2.38. The number of aromatic nitrogens is 2. The minimum Gasteiger partial charge on any atom is -0.465 e. The van der Waals surface area contributed by atoms with E-state index in [2.05, 4.69) is 15.3 Å². The molecule has 0 bridgehead atoms. The molecule has 0 spiro atoms. The lowest BCUT2D eigenvalue weighted by Gasteiger charge is -2.29. The number of nitrogens with one attached hydrogen (secondary N) is 1. The first-order valence-corrected chi connectivity index (χ1v) is 12.0. The third kappa shape index (κ3) is 3.94. The van der Waals surface area contributed by atoms with E-state index in [4.69, 9.17) is 5.11 Å². The van der Waals surface area contributed by atoms with Gasteiger partial charge in [-0.2, -0.15) is 0 Å². The number of likely N-dealkylation sites (tertiary alicyclic amines) is 1. The molecule has 3 heterocycles. The average molecular weight is 451 g/mol. The van der Waals surface area contributed by atoms with Gasteiger partial charge in [-0.1, -0.05) is 0 Å². The molecule has 1 aliphatic rings. The number of rotatable bonds is 4. The number of halogens is 1. The standard InChI is InChI=1S/C19H19FN4O4S2/c1-30(27,28)12-2-3-15(14(20)8-12)23-18-17-16(21-10-22-18)13(9-29-17)11-4-6-24(7-5-11)19(25)26/h2-3,8-11H,4-7H2,1H3,(H,25,26)(H,21,22,23). The van der Waals surface area contributed by atoms with Gasteiger partial charge in [0.2, 0.25) is 0 Å². The summed E-state index contributed by atoms with van der Waals surface area (Å²) in [6, 6.07) is 3.69. The molecule has 2 N–H and O–H groups in total. The molecule has 0 radical (unpaired) electrons. The Bertz CT molecular complexity index is 1220. The van der Waals surface area contributed by atoms with E-state index in [0.29, 0.717) is 31.7 Å². The van der Waals surface area contributed by atoms with Gasteiger partial charge in [0.25, 0.3) is 0 Å². The quantitative estimate of drug-likeness (QED) is 0.621. The van der Waals surface area contributed by atoms with Crippen LogP contribution in [0.15, 0.2) is 34.8 Å². The monoisotopic (exact) mass is 450 g/mol. The molecule has 0 atom stereocenters. The van der Waals surface area contributed by atoms with Gasteiger partial charge in [0, 0.05) is 19.3 Å². The molecule has 0 unspecified atom stereocenters. The van der Waals surface area contributed by atoms with Crippen molar-refractivity contribution in [1.29, 1.82) is 0 Å². The number of piperidine rings is 1. The molecule has 158 valence electrons. The number of nitrogens with zero attached hydrogens (tertiary/aromatic N) is 3. The van der Waals surface area contributed by atoms with Crippen molar-refractivity contribution in [3.63, 3.8) is 0 Å². The van der Waals surface area contributed by atoms with Crippen LogP contribution in [0.2, 0.25) is 0 Å². The van der Waals surface area contributed by atoms with Crippen LogP contribution < -0.4 is 5.32 Å². The van der Waals surface area contributed by atoms with Crippen LogP contribution >= 0.6 is 11.3 Å². The highest BCUT2D eigenvalue weighted by molar-refractivity contribution is 7.90. The molecule has 1 saturated heterocycles. The SMILES string of the molecule is CS(=O)(=O)c1ccc(Nc2ncnc3c(C4CCN(C(=O)O)CC4)csc23)c(F)c1. The maximum atomic E-state index is 14.4. The predicted octanol–water partition coefficient (Wildman–Crippen LogP) is 3.83. The number of anilines is 2. The first-order chi connectivity index (χ1) is 14.2. The number of fused-ring (bicyclic) bond motifs is 1. The van der Waals surface area contributed by atoms with Gasteiger partial charge in [-0.05, 0) is 47.9 Å². The van der Waals surface area contributed by atoms with E-state index >= 15 is 0 Å². The van der Waals surface area contributed by atoms with Crippen molar-refractivity contribution in [1.82, 2.24) is 14.9 Å². The van der Waals surface area contributed by atoms with Crippen molar-refractivity contribution in [3.05, 3.63) is 41.3 Å². The molecule has 11 heteroatoms. The summed E-state index contributed by atoms with van der Waals surface area (Å²) in [5.74, 6) is -0.0596. The average Bonchev–Trinajstić information content (AvgIpc) is 3.14. The highest BCUT2D eigenvalue weighted by Gasteiger charge is 2.26. The van der Waals surface area contributed by atoms with Crippen LogP contribution in [0.3, 0.4) is 0 Å². The second kappa shape index (κ2) is 7.80. The van der Waals surface area contributed by atoms with Crippen LogP contribution in [0.5, 0.6) is 0 Å². The molecule has 1 aromatic carbocycles. The Morgan fingerprint density at radius 1 is 1.30 bits per heavy atom. The molecule has 1 aliphatic heterocycles. The maximum Gasteiger partial charge on any atom is 0.407 e. The summed E-state index contributed by atoms with van der Waals surface area (Å²) >= 11 is 1.44. The smallest absolute Gasteiger partial charge is 0.407 e. The van der Waals surface area contributed by atoms with Gasteiger partial charge in [0.05, 0.1) is 20.8 Å². The fourth-order valence-electron chi connectivity index (χ4n) is 3.59. The molecule has 1 fully saturated rings. The van der Waals surface area contributed by atoms with E-state index in [0.717, 1.165) is 28.1 Å². The molecule has 3 aromatic rings. The number of amides is 1. The van der Waals surface area contributed by atoms with Crippen molar-refractivity contribution in [2.45, 2.75) is 23.7 Å². The summed E-state index contributed by atoms with van der Waals surface area (Å²) in [6.07, 6.45) is 2.95. The van der Waals surface area contributed by atoms with Gasteiger partial charge >= 0.3 is 6.09 Å². The number of hydrogen-bond acceptors (Lipinski definition) is 7. The largest absolute Gasteiger partial charge is 0.465 e. The Morgan fingerprint density at radius 3 is 2.67 bits per heavy atom. The molecule has 30 heavy (non-hydrogen) atoms. The summed E-state index contributed by atoms with van der Waals surface area (Å²) in [7, 11) is -3.50. The van der Waals surface area contributed by atoms with Crippen molar-refractivity contribution in [2.24, 2.45) is 0 Å². The molecule has 0 aliphatic carbocycles. The lowest BCUT2D eigenvalue weighted by Crippen LogP contribution is -2.36. The lowest BCUT2D eigenvalue weighted by atomic mass is 9.90. The van der Waals surface area contributed by atoms with Crippen LogP contribution in [0.25, 0.3) is 10.2 Å². The number of carbonyl (C=O) groups is 1. The Labute approximate surface area is 176 Å². The number of carboxylic acid groups (broad SMARTS) is 1. The second-order valence-corrected chi connectivity index (χ2v) is 10.1. The Balaban J connectivity index is 1.61. The highest BCUT2D eigenvalue weighted by atomic mass is 32.2. The van der Waals surface area contributed by atoms with Crippen LogP contribution in [0.4, 0.5) is 20.7 Å². The number of hydrogen-bond donors (Lipinski definition) is 2. The zero-order chi connectivity index (χ0) is 21.5. The van der Waals surface area contributed by atoms with Crippen molar-refractivity contribution < 1.29 is 22.7 Å². The number of benzene rings is 1. The second-order valence-electron chi connectivity index (χ2n) is 7.17. The van der Waals surface area contributed by atoms with E-state index in [9.17, 15) is 17.6 Å². The first kappa shape index (κ1) is 20.5. The van der Waals surface area contributed by atoms with E-state index in [1.165, 1.54) is 34.7 Å². The number of sulfone groups is 1. The molecular formula is C19H19FN4O4S2. The Morgan fingerprint density at radius 2 is 2.03 bits per heavy atom. The van der Waals surface area contributed by atoms with Crippen LogP contribution in [0.1, 0.15) is 24.3 Å². The Kier molecular flexibility index (Phi) is 5.33. The third-order valence-electron chi connectivity index (χ3n) is 5.21. The number of thiophene rings is 1. The van der Waals surface area contributed by atoms with Crippen LogP contribution in [-0.2, 0) is 9.84 Å². The minimum absolute atomic E-state index is 0.0931. The maximum absolute atomic E-state index is 14.4. The van der Waals surface area contributed by atoms with Crippen molar-refractivity contribution in [3.8, 4) is 0 Å². The van der Waals surface area contributed by atoms with Crippen molar-refractivity contribution in [2.75, 3.05) is 24.7 Å². The van der Waals surface area contributed by atoms with Gasteiger partial charge in [-0.3, -0.25) is 0 Å². The molecular weight excluding hydrogens is 431 g/mol. The normalized spacial score (nSPS) is 15.5. The zero-order valence-corrected chi connectivity index (χ0v) is 17.6. The van der Waals surface area contributed by atoms with E-state index in [1.54, 1.807) is 0 Å². The summed E-state index contributed by atoms with van der Waals surface area (Å²) in [6.45, 7) is 0.955. The lowest BCUT2D eigenvalue weighted by molar-refractivity contribution is 0.132. The molecule has 4 rings (SSSR count). The molecule has 2 aromatic heterocycles. The molecule has 0 saturated carbocycles. The van der Waals surface area contributed by atoms with Gasteiger partial charge in [0.15, 0.2) is 15.7 Å². The first-order valence-electron chi connectivity index (χ1n) is 9.20. The van der Waals surface area contributed by atoms with Gasteiger partial charge in [0.1, 0.15) is 12.1 Å². The summed E-state index contributed by atoms with van der Waals surface area (Å²) in [4.78, 5) is 21.1. The summed E-state index contributed by atoms with van der Waals surface area (Å²) < 4.78 is 38.4. The van der Waals surface area contributed by atoms with Crippen molar-refractivity contribution >= 4 is 49.0 Å². The topological polar surface area (TPSA) is 112 Å². The van der Waals surface area contributed by atoms with E-state index < -0.39 is 21.7 Å². The fraction of sp³-hybridized carbons (Fsp3) is 0.316. The van der Waals surface area contributed by atoms with Gasteiger partial charge in [-0.15, -0.1) is 11.3 Å². The fourth-order valence-corrected chi connectivity index (χ4v) is 5.26. The van der Waals surface area contributed by atoms with E-state index in [-0.39, 0.29) is 16.5 Å². The zero-order valence-electron chi connectivity index (χ0n) is 16.0. The van der Waals surface area contributed by atoms with E-state index in [1.807, 2.05) is 5.38 Å². The molecule has 1 amide bonds. The summed E-state index contributed by atoms with van der Waals surface area (Å²) in [5, 5.41) is 14.1. The van der Waals surface area contributed by atoms with Gasteiger partial charge in [-0.25, -0.2) is 27.6 Å². The third-order valence-corrected chi connectivity index (χ3v) is 7.31. The van der Waals surface area contributed by atoms with Crippen LogP contribution in [0, 0.1) is 5.82 Å². The van der Waals surface area contributed by atoms with Crippen LogP contribution in [-0.4, -0.2) is 53.8 Å². The molecule has 8 nitrogen and oxygen atoms in total.